The number of amides is 4. The minimum absolute atomic E-state index is 0.0191. The number of hydrogen-bond acceptors (Lipinski definition) is 6. The van der Waals surface area contributed by atoms with Gasteiger partial charge in [-0.25, -0.2) is 0 Å². The summed E-state index contributed by atoms with van der Waals surface area (Å²) in [5.74, 6) is -3.57. The average molecular weight is 643 g/mol. The molecule has 10 heteroatoms. The molecule has 0 saturated carbocycles. The van der Waals surface area contributed by atoms with Crippen LogP contribution >= 0.6 is 0 Å². The Hall–Kier alpha value is -4.80. The molecule has 3 aromatic carbocycles. The lowest BCUT2D eigenvalue weighted by Gasteiger charge is -2.32. The summed E-state index contributed by atoms with van der Waals surface area (Å²) >= 11 is 0. The van der Waals surface area contributed by atoms with Crippen molar-refractivity contribution in [3.05, 3.63) is 119 Å². The number of hydrogen-bond donors (Lipinski definition) is 5. The van der Waals surface area contributed by atoms with Gasteiger partial charge in [0.2, 0.25) is 11.8 Å². The van der Waals surface area contributed by atoms with E-state index in [0.29, 0.717) is 18.7 Å². The Bertz CT molecular complexity index is 1520. The average Bonchev–Trinajstić information content (AvgIpc) is 3.06. The first-order chi connectivity index (χ1) is 22.5. The number of nitrogens with one attached hydrogen (secondary N) is 2. The summed E-state index contributed by atoms with van der Waals surface area (Å²) in [7, 11) is 0. The molecule has 6 N–H and O–H groups in total. The molecule has 0 unspecified atom stereocenters. The van der Waals surface area contributed by atoms with E-state index >= 15 is 0 Å². The predicted molar refractivity (Wildman–Crippen MR) is 181 cm³/mol. The lowest BCUT2D eigenvalue weighted by atomic mass is 9.86. The second-order valence-electron chi connectivity index (χ2n) is 11.7. The lowest BCUT2D eigenvalue weighted by molar-refractivity contribution is -0.130. The first-order valence-electron chi connectivity index (χ1n) is 15.9. The maximum absolute atomic E-state index is 13.8. The number of nitrogens with zero attached hydrogens (tertiary/aromatic N) is 1. The van der Waals surface area contributed by atoms with E-state index in [-0.39, 0.29) is 35.6 Å². The molecule has 4 atom stereocenters. The Labute approximate surface area is 276 Å². The van der Waals surface area contributed by atoms with Crippen LogP contribution in [0.5, 0.6) is 0 Å². The van der Waals surface area contributed by atoms with Gasteiger partial charge < -0.3 is 31.5 Å². The Balaban J connectivity index is 1.93. The lowest BCUT2D eigenvalue weighted by Crippen LogP contribution is -2.54. The second kappa shape index (κ2) is 17.8. The first kappa shape index (κ1) is 36.7. The van der Waals surface area contributed by atoms with Crippen LogP contribution in [0.4, 0.5) is 0 Å². The topological polar surface area (TPSA) is 162 Å². The number of rotatable bonds is 17. The minimum atomic E-state index is -1.64. The molecule has 0 aliphatic rings. The molecule has 47 heavy (non-hydrogen) atoms. The quantitative estimate of drug-likeness (QED) is 0.141. The van der Waals surface area contributed by atoms with Crippen LogP contribution in [0, 0.1) is 5.92 Å². The van der Waals surface area contributed by atoms with Gasteiger partial charge >= 0.3 is 0 Å². The van der Waals surface area contributed by atoms with Crippen molar-refractivity contribution in [3.8, 4) is 0 Å². The van der Waals surface area contributed by atoms with Crippen molar-refractivity contribution >= 4 is 23.6 Å². The van der Waals surface area contributed by atoms with Crippen LogP contribution in [0.3, 0.4) is 0 Å². The molecule has 10 nitrogen and oxygen atoms in total. The summed E-state index contributed by atoms with van der Waals surface area (Å²) in [5.41, 5.74) is 7.60. The molecule has 0 radical (unpaired) electrons. The maximum Gasteiger partial charge on any atom is 0.253 e. The predicted octanol–water partition coefficient (Wildman–Crippen LogP) is 3.62. The molecule has 0 saturated heterocycles. The van der Waals surface area contributed by atoms with Crippen molar-refractivity contribution in [2.45, 2.75) is 64.8 Å². The van der Waals surface area contributed by atoms with E-state index in [1.54, 1.807) is 24.0 Å². The third kappa shape index (κ3) is 10.4. The van der Waals surface area contributed by atoms with Gasteiger partial charge in [0.15, 0.2) is 0 Å². The molecule has 3 rings (SSSR count). The zero-order valence-electron chi connectivity index (χ0n) is 27.3. The summed E-state index contributed by atoms with van der Waals surface area (Å²) in [5, 5.41) is 28.5. The monoisotopic (exact) mass is 642 g/mol. The van der Waals surface area contributed by atoms with Gasteiger partial charge in [-0.1, -0.05) is 86.7 Å². The number of primary amides is 1. The third-order valence-corrected chi connectivity index (χ3v) is 7.84. The van der Waals surface area contributed by atoms with E-state index in [9.17, 15) is 29.4 Å². The zero-order valence-corrected chi connectivity index (χ0v) is 27.3. The summed E-state index contributed by atoms with van der Waals surface area (Å²) in [6.07, 6.45) is -1.70. The van der Waals surface area contributed by atoms with Crippen LogP contribution < -0.4 is 16.4 Å². The zero-order chi connectivity index (χ0) is 34.5. The van der Waals surface area contributed by atoms with Gasteiger partial charge in [-0.05, 0) is 55.5 Å². The fraction of sp³-hybridized carbons (Fsp3) is 0.351. The van der Waals surface area contributed by atoms with Crippen LogP contribution in [0.25, 0.3) is 0 Å². The van der Waals surface area contributed by atoms with Gasteiger partial charge in [-0.2, -0.15) is 0 Å². The molecule has 0 spiro atoms. The van der Waals surface area contributed by atoms with Gasteiger partial charge in [-0.15, -0.1) is 0 Å². The molecule has 3 aromatic rings. The van der Waals surface area contributed by atoms with E-state index in [1.807, 2.05) is 62.4 Å². The Morgan fingerprint density at radius 3 is 1.87 bits per heavy atom. The van der Waals surface area contributed by atoms with Gasteiger partial charge in [0.1, 0.15) is 6.10 Å². The van der Waals surface area contributed by atoms with E-state index in [1.165, 1.54) is 18.2 Å². The summed E-state index contributed by atoms with van der Waals surface area (Å²) in [6.45, 7) is 10.6. The third-order valence-electron chi connectivity index (χ3n) is 7.84. The molecular formula is C37H46N4O6. The molecule has 250 valence electrons. The number of aliphatic hydroxyl groups is 2. The highest BCUT2D eigenvalue weighted by Crippen LogP contribution is 2.22. The summed E-state index contributed by atoms with van der Waals surface area (Å²) in [4.78, 5) is 54.3. The molecule has 0 aliphatic heterocycles. The van der Waals surface area contributed by atoms with Gasteiger partial charge in [-0.3, -0.25) is 19.2 Å². The van der Waals surface area contributed by atoms with Crippen molar-refractivity contribution < 1.29 is 29.4 Å². The van der Waals surface area contributed by atoms with E-state index in [2.05, 4.69) is 17.2 Å². The largest absolute Gasteiger partial charge is 0.389 e. The molecule has 4 amide bonds. The summed E-state index contributed by atoms with van der Waals surface area (Å²) < 4.78 is 0. The van der Waals surface area contributed by atoms with E-state index in [4.69, 9.17) is 5.73 Å². The Kier molecular flexibility index (Phi) is 13.9. The molecule has 0 fully saturated rings. The minimum Gasteiger partial charge on any atom is -0.389 e. The molecular weight excluding hydrogens is 596 g/mol. The molecule has 0 heterocycles. The van der Waals surface area contributed by atoms with E-state index < -0.39 is 41.9 Å². The number of aliphatic hydroxyl groups excluding tert-OH is 2. The molecule has 0 bridgehead atoms. The van der Waals surface area contributed by atoms with Crippen molar-refractivity contribution in [2.75, 3.05) is 13.1 Å². The van der Waals surface area contributed by atoms with Gasteiger partial charge in [0, 0.05) is 36.3 Å². The maximum atomic E-state index is 13.8. The number of benzene rings is 3. The Morgan fingerprint density at radius 1 is 0.809 bits per heavy atom. The van der Waals surface area contributed by atoms with Crippen LogP contribution in [-0.2, 0) is 17.8 Å². The van der Waals surface area contributed by atoms with Crippen molar-refractivity contribution in [2.24, 2.45) is 11.7 Å². The summed E-state index contributed by atoms with van der Waals surface area (Å²) in [6, 6.07) is 21.3. The normalized spacial score (nSPS) is 13.5. The Morgan fingerprint density at radius 2 is 1.34 bits per heavy atom. The molecule has 0 aromatic heterocycles. The molecule has 0 aliphatic carbocycles. The fourth-order valence-corrected chi connectivity index (χ4v) is 5.44. The SMILES string of the molecule is C=C(C)[C@@H](C(=O)NCc1ccccc1)[C@@H](O)[C@H](O)[C@H](Cc1ccccc1)NC(=O)c1cc(C(N)=O)cc(C(=O)N(CCC)CCC)c1. The first-order valence-corrected chi connectivity index (χ1v) is 15.9. The van der Waals surface area contributed by atoms with Crippen molar-refractivity contribution in [1.29, 1.82) is 0 Å². The van der Waals surface area contributed by atoms with Crippen LogP contribution in [0.1, 0.15) is 75.8 Å². The van der Waals surface area contributed by atoms with Crippen LogP contribution in [-0.4, -0.2) is 70.1 Å². The van der Waals surface area contributed by atoms with E-state index in [0.717, 1.165) is 24.0 Å². The van der Waals surface area contributed by atoms with Crippen LogP contribution in [0.15, 0.2) is 91.0 Å². The second-order valence-corrected chi connectivity index (χ2v) is 11.7. The number of carbonyl (C=O) groups excluding carboxylic acids is 4. The number of carbonyl (C=O) groups is 4. The number of nitrogens with two attached hydrogens (primary N) is 1. The van der Waals surface area contributed by atoms with Crippen molar-refractivity contribution in [1.82, 2.24) is 15.5 Å². The van der Waals surface area contributed by atoms with Crippen LogP contribution in [0.2, 0.25) is 0 Å². The van der Waals surface area contributed by atoms with Gasteiger partial charge in [0.25, 0.3) is 11.8 Å². The smallest absolute Gasteiger partial charge is 0.253 e. The standard InChI is InChI=1S/C37H46N4O6/c1-5-17-41(18-6-2)37(47)29-21-27(34(38)44)20-28(22-29)35(45)40-30(19-25-13-9-7-10-14-25)32(42)33(43)31(24(3)4)36(46)39-23-26-15-11-8-12-16-26/h7-16,20-22,30-33,42-43H,3,5-6,17-19,23H2,1-2,4H3,(H2,38,44)(H,39,46)(H,40,45)/t30-,31+,32+,33+/m0/s1. The highest BCUT2D eigenvalue weighted by atomic mass is 16.3. The van der Waals surface area contributed by atoms with Crippen molar-refractivity contribution in [3.63, 3.8) is 0 Å². The highest BCUT2D eigenvalue weighted by molar-refractivity contribution is 6.04. The fourth-order valence-electron chi connectivity index (χ4n) is 5.44. The van der Waals surface area contributed by atoms with Gasteiger partial charge in [0.05, 0.1) is 18.1 Å². The highest BCUT2D eigenvalue weighted by Gasteiger charge is 2.37.